The minimum Gasteiger partial charge on any atom is -0.480 e. The molecular formula is C16H19N3O3. The molecule has 1 aromatic heterocycles. The molecule has 6 nitrogen and oxygen atoms in total. The lowest BCUT2D eigenvalue weighted by atomic mass is 10.0. The Morgan fingerprint density at radius 1 is 1.27 bits per heavy atom. The molecule has 0 spiro atoms. The van der Waals surface area contributed by atoms with E-state index in [1.165, 1.54) is 6.20 Å². The van der Waals surface area contributed by atoms with Crippen molar-refractivity contribution in [3.63, 3.8) is 0 Å². The molecule has 1 aromatic carbocycles. The van der Waals surface area contributed by atoms with Gasteiger partial charge in [0.05, 0.1) is 17.4 Å². The van der Waals surface area contributed by atoms with Crippen LogP contribution < -0.4 is 5.32 Å². The largest absolute Gasteiger partial charge is 0.480 e. The van der Waals surface area contributed by atoms with Gasteiger partial charge in [0.1, 0.15) is 6.04 Å². The van der Waals surface area contributed by atoms with E-state index in [0.717, 1.165) is 11.3 Å². The van der Waals surface area contributed by atoms with Crippen LogP contribution in [0.25, 0.3) is 5.69 Å². The third kappa shape index (κ3) is 3.33. The highest BCUT2D eigenvalue weighted by Crippen LogP contribution is 2.13. The van der Waals surface area contributed by atoms with Crippen LogP contribution in [0, 0.1) is 12.8 Å². The number of amides is 1. The van der Waals surface area contributed by atoms with Crippen molar-refractivity contribution in [1.29, 1.82) is 0 Å². The van der Waals surface area contributed by atoms with E-state index in [4.69, 9.17) is 5.11 Å². The fourth-order valence-corrected chi connectivity index (χ4v) is 2.13. The Morgan fingerprint density at radius 3 is 2.55 bits per heavy atom. The van der Waals surface area contributed by atoms with Gasteiger partial charge in [-0.1, -0.05) is 32.0 Å². The zero-order valence-corrected chi connectivity index (χ0v) is 12.8. The van der Waals surface area contributed by atoms with E-state index in [2.05, 4.69) is 10.4 Å². The molecule has 0 saturated carbocycles. The van der Waals surface area contributed by atoms with Gasteiger partial charge in [0.15, 0.2) is 0 Å². The predicted molar refractivity (Wildman–Crippen MR) is 82.0 cm³/mol. The minimum absolute atomic E-state index is 0.201. The number of aromatic nitrogens is 2. The van der Waals surface area contributed by atoms with E-state index in [1.807, 2.05) is 31.2 Å². The van der Waals surface area contributed by atoms with E-state index in [1.54, 1.807) is 24.7 Å². The molecule has 6 heteroatoms. The number of carboxylic acids is 1. The Bertz CT molecular complexity index is 691. The fraction of sp³-hybridized carbons (Fsp3) is 0.312. The smallest absolute Gasteiger partial charge is 0.326 e. The summed E-state index contributed by atoms with van der Waals surface area (Å²) in [6, 6.07) is 6.75. The van der Waals surface area contributed by atoms with Crippen molar-refractivity contribution >= 4 is 11.9 Å². The van der Waals surface area contributed by atoms with Crippen molar-refractivity contribution in [2.24, 2.45) is 5.92 Å². The highest BCUT2D eigenvalue weighted by Gasteiger charge is 2.24. The average Bonchev–Trinajstić information content (AvgIpc) is 2.94. The van der Waals surface area contributed by atoms with Crippen LogP contribution in [0.15, 0.2) is 36.7 Å². The van der Waals surface area contributed by atoms with Crippen LogP contribution >= 0.6 is 0 Å². The van der Waals surface area contributed by atoms with E-state index < -0.39 is 17.9 Å². The lowest BCUT2D eigenvalue weighted by Gasteiger charge is -2.17. The third-order valence-corrected chi connectivity index (χ3v) is 3.43. The molecule has 1 heterocycles. The normalized spacial score (nSPS) is 12.2. The number of nitrogens with one attached hydrogen (secondary N) is 1. The number of carbonyl (C=O) groups excluding carboxylic acids is 1. The van der Waals surface area contributed by atoms with E-state index in [-0.39, 0.29) is 5.92 Å². The van der Waals surface area contributed by atoms with Gasteiger partial charge in [-0.05, 0) is 24.5 Å². The maximum Gasteiger partial charge on any atom is 0.326 e. The van der Waals surface area contributed by atoms with Crippen LogP contribution in [-0.4, -0.2) is 32.8 Å². The van der Waals surface area contributed by atoms with E-state index >= 15 is 0 Å². The molecular weight excluding hydrogens is 282 g/mol. The summed E-state index contributed by atoms with van der Waals surface area (Å²) in [7, 11) is 0. The topological polar surface area (TPSA) is 84.2 Å². The Labute approximate surface area is 128 Å². The second-order valence-corrected chi connectivity index (χ2v) is 5.49. The summed E-state index contributed by atoms with van der Waals surface area (Å²) in [5.74, 6) is -1.69. The number of hydrogen-bond donors (Lipinski definition) is 2. The number of aliphatic carboxylic acids is 1. The summed E-state index contributed by atoms with van der Waals surface area (Å²) in [5, 5.41) is 15.8. The monoisotopic (exact) mass is 301 g/mol. The Hall–Kier alpha value is -2.63. The number of rotatable bonds is 5. The van der Waals surface area contributed by atoms with Gasteiger partial charge in [0.2, 0.25) is 0 Å². The number of carbonyl (C=O) groups is 2. The SMILES string of the molecule is Cc1ccccc1-n1cc(C(=O)N[C@H](C(=O)O)C(C)C)cn1. The van der Waals surface area contributed by atoms with Gasteiger partial charge < -0.3 is 10.4 Å². The van der Waals surface area contributed by atoms with Crippen LogP contribution in [-0.2, 0) is 4.79 Å². The van der Waals surface area contributed by atoms with Gasteiger partial charge in [-0.2, -0.15) is 5.10 Å². The van der Waals surface area contributed by atoms with Gasteiger partial charge in [-0.25, -0.2) is 9.48 Å². The molecule has 116 valence electrons. The van der Waals surface area contributed by atoms with Crippen molar-refractivity contribution in [3.05, 3.63) is 47.8 Å². The summed E-state index contributed by atoms with van der Waals surface area (Å²) >= 11 is 0. The van der Waals surface area contributed by atoms with Gasteiger partial charge >= 0.3 is 5.97 Å². The van der Waals surface area contributed by atoms with E-state index in [0.29, 0.717) is 5.56 Å². The quantitative estimate of drug-likeness (QED) is 0.885. The van der Waals surface area contributed by atoms with Gasteiger partial charge in [0, 0.05) is 6.20 Å². The Morgan fingerprint density at radius 2 is 1.95 bits per heavy atom. The molecule has 22 heavy (non-hydrogen) atoms. The molecule has 0 aliphatic heterocycles. The second-order valence-electron chi connectivity index (χ2n) is 5.49. The molecule has 0 fully saturated rings. The van der Waals surface area contributed by atoms with Crippen LogP contribution in [0.4, 0.5) is 0 Å². The Kier molecular flexibility index (Phi) is 4.60. The molecule has 2 N–H and O–H groups in total. The number of aryl methyl sites for hydroxylation is 1. The number of benzene rings is 1. The van der Waals surface area contributed by atoms with Crippen LogP contribution in [0.3, 0.4) is 0 Å². The van der Waals surface area contributed by atoms with E-state index in [9.17, 15) is 9.59 Å². The van der Waals surface area contributed by atoms with Gasteiger partial charge in [0.25, 0.3) is 5.91 Å². The van der Waals surface area contributed by atoms with Crippen molar-refractivity contribution in [3.8, 4) is 5.69 Å². The second kappa shape index (κ2) is 6.43. The molecule has 0 aliphatic carbocycles. The highest BCUT2D eigenvalue weighted by molar-refractivity contribution is 5.96. The lowest BCUT2D eigenvalue weighted by molar-refractivity contribution is -0.140. The summed E-state index contributed by atoms with van der Waals surface area (Å²) in [6.07, 6.45) is 3.03. The van der Waals surface area contributed by atoms with Gasteiger partial charge in [-0.3, -0.25) is 4.79 Å². The molecule has 0 saturated heterocycles. The first kappa shape index (κ1) is 15.8. The highest BCUT2D eigenvalue weighted by atomic mass is 16.4. The molecule has 0 unspecified atom stereocenters. The molecule has 0 aliphatic rings. The molecule has 0 bridgehead atoms. The van der Waals surface area contributed by atoms with Gasteiger partial charge in [-0.15, -0.1) is 0 Å². The molecule has 1 atom stereocenters. The molecule has 2 rings (SSSR count). The number of para-hydroxylation sites is 1. The van der Waals surface area contributed by atoms with Crippen LogP contribution in [0.2, 0.25) is 0 Å². The van der Waals surface area contributed by atoms with Crippen LogP contribution in [0.5, 0.6) is 0 Å². The molecule has 1 amide bonds. The average molecular weight is 301 g/mol. The number of nitrogens with zero attached hydrogens (tertiary/aromatic N) is 2. The lowest BCUT2D eigenvalue weighted by Crippen LogP contribution is -2.44. The van der Waals surface area contributed by atoms with Crippen molar-refractivity contribution in [1.82, 2.24) is 15.1 Å². The van der Waals surface area contributed by atoms with Crippen LogP contribution in [0.1, 0.15) is 29.8 Å². The fourth-order valence-electron chi connectivity index (χ4n) is 2.13. The van der Waals surface area contributed by atoms with Crippen molar-refractivity contribution < 1.29 is 14.7 Å². The molecule has 0 radical (unpaired) electrons. The first-order valence-electron chi connectivity index (χ1n) is 7.04. The summed E-state index contributed by atoms with van der Waals surface area (Å²) in [4.78, 5) is 23.3. The molecule has 2 aromatic rings. The first-order chi connectivity index (χ1) is 10.4. The summed E-state index contributed by atoms with van der Waals surface area (Å²) in [5.41, 5.74) is 2.23. The maximum absolute atomic E-state index is 12.2. The summed E-state index contributed by atoms with van der Waals surface area (Å²) in [6.45, 7) is 5.45. The van der Waals surface area contributed by atoms with Crippen molar-refractivity contribution in [2.45, 2.75) is 26.8 Å². The minimum atomic E-state index is -1.05. The third-order valence-electron chi connectivity index (χ3n) is 3.43. The standard InChI is InChI=1S/C16H19N3O3/c1-10(2)14(16(21)22)18-15(20)12-8-17-19(9-12)13-7-5-4-6-11(13)3/h4-10,14H,1-3H3,(H,18,20)(H,21,22)/t14-/m0/s1. The summed E-state index contributed by atoms with van der Waals surface area (Å²) < 4.78 is 1.61. The number of carboxylic acid groups (broad SMARTS) is 1. The maximum atomic E-state index is 12.2. The zero-order valence-electron chi connectivity index (χ0n) is 12.8. The number of hydrogen-bond acceptors (Lipinski definition) is 3. The Balaban J connectivity index is 2.19. The predicted octanol–water partition coefficient (Wildman–Crippen LogP) is 2.02. The van der Waals surface area contributed by atoms with Crippen molar-refractivity contribution in [2.75, 3.05) is 0 Å². The zero-order chi connectivity index (χ0) is 16.3. The first-order valence-corrected chi connectivity index (χ1v) is 7.04.